The summed E-state index contributed by atoms with van der Waals surface area (Å²) in [5.41, 5.74) is 0. The first kappa shape index (κ1) is 18.0. The van der Waals surface area contributed by atoms with Gasteiger partial charge >= 0.3 is 12.0 Å². The van der Waals surface area contributed by atoms with E-state index in [9.17, 15) is 9.59 Å². The molecule has 0 aromatic carbocycles. The van der Waals surface area contributed by atoms with Gasteiger partial charge in [0.05, 0.1) is 0 Å². The quantitative estimate of drug-likeness (QED) is 0.734. The van der Waals surface area contributed by atoms with Crippen molar-refractivity contribution in [2.75, 3.05) is 39.3 Å². The maximum absolute atomic E-state index is 12.1. The number of hydrogen-bond acceptors (Lipinski definition) is 3. The molecule has 132 valence electrons. The average molecular weight is 325 g/mol. The molecule has 2 fully saturated rings. The van der Waals surface area contributed by atoms with Crippen molar-refractivity contribution in [2.24, 2.45) is 5.92 Å². The molecule has 1 saturated carbocycles. The number of carbonyl (C=O) groups excluding carboxylic acids is 1. The molecule has 0 aromatic heterocycles. The summed E-state index contributed by atoms with van der Waals surface area (Å²) in [5.74, 6) is 0.0347. The lowest BCUT2D eigenvalue weighted by Gasteiger charge is -2.28. The van der Waals surface area contributed by atoms with Crippen LogP contribution in [0.25, 0.3) is 0 Å². The van der Waals surface area contributed by atoms with E-state index in [-0.39, 0.29) is 12.5 Å². The van der Waals surface area contributed by atoms with Crippen LogP contribution in [0.2, 0.25) is 0 Å². The fourth-order valence-electron chi connectivity index (χ4n) is 3.64. The van der Waals surface area contributed by atoms with Gasteiger partial charge in [0.2, 0.25) is 0 Å². The summed E-state index contributed by atoms with van der Waals surface area (Å²) in [7, 11) is 0. The predicted molar refractivity (Wildman–Crippen MR) is 89.5 cm³/mol. The van der Waals surface area contributed by atoms with E-state index in [1.807, 2.05) is 4.90 Å². The highest BCUT2D eigenvalue weighted by Crippen LogP contribution is 2.24. The fraction of sp³-hybridized carbons (Fsp3) is 0.882. The fourth-order valence-corrected chi connectivity index (χ4v) is 3.64. The molecule has 1 heterocycles. The zero-order valence-corrected chi connectivity index (χ0v) is 14.1. The standard InChI is InChI=1S/C17H31N3O3/c21-16(22)8-4-9-18-17(23)20-11-5-10-19(12-13-20)14-15-6-2-1-3-7-15/h15H,1-14H2,(H,18,23)(H,21,22). The lowest BCUT2D eigenvalue weighted by atomic mass is 9.89. The average Bonchev–Trinajstić information content (AvgIpc) is 2.78. The van der Waals surface area contributed by atoms with Gasteiger partial charge in [-0.1, -0.05) is 19.3 Å². The van der Waals surface area contributed by atoms with E-state index in [0.717, 1.165) is 38.5 Å². The number of carboxylic acid groups (broad SMARTS) is 1. The van der Waals surface area contributed by atoms with Crippen LogP contribution in [0.1, 0.15) is 51.4 Å². The van der Waals surface area contributed by atoms with Gasteiger partial charge in [-0.15, -0.1) is 0 Å². The van der Waals surface area contributed by atoms with Crippen LogP contribution in [0.5, 0.6) is 0 Å². The molecule has 1 aliphatic carbocycles. The first-order valence-corrected chi connectivity index (χ1v) is 9.12. The Morgan fingerprint density at radius 1 is 1.00 bits per heavy atom. The monoisotopic (exact) mass is 325 g/mol. The minimum atomic E-state index is -0.813. The Morgan fingerprint density at radius 2 is 1.78 bits per heavy atom. The van der Waals surface area contributed by atoms with Crippen molar-refractivity contribution >= 4 is 12.0 Å². The summed E-state index contributed by atoms with van der Waals surface area (Å²) < 4.78 is 0. The van der Waals surface area contributed by atoms with Gasteiger partial charge in [0.1, 0.15) is 0 Å². The Kier molecular flexibility index (Phi) is 7.65. The molecule has 6 heteroatoms. The Bertz CT molecular complexity index is 383. The van der Waals surface area contributed by atoms with Crippen LogP contribution in [-0.2, 0) is 4.79 Å². The van der Waals surface area contributed by atoms with E-state index in [0.29, 0.717) is 13.0 Å². The zero-order chi connectivity index (χ0) is 16.5. The van der Waals surface area contributed by atoms with Crippen molar-refractivity contribution in [3.05, 3.63) is 0 Å². The van der Waals surface area contributed by atoms with Crippen molar-refractivity contribution in [1.29, 1.82) is 0 Å². The highest BCUT2D eigenvalue weighted by Gasteiger charge is 2.22. The third-order valence-electron chi connectivity index (χ3n) is 4.96. The Morgan fingerprint density at radius 3 is 2.52 bits per heavy atom. The Hall–Kier alpha value is -1.30. The highest BCUT2D eigenvalue weighted by molar-refractivity contribution is 5.74. The van der Waals surface area contributed by atoms with Crippen LogP contribution < -0.4 is 5.32 Å². The third-order valence-corrected chi connectivity index (χ3v) is 4.96. The minimum Gasteiger partial charge on any atom is -0.481 e. The summed E-state index contributed by atoms with van der Waals surface area (Å²) in [6.45, 7) is 5.24. The lowest BCUT2D eigenvalue weighted by Crippen LogP contribution is -2.42. The van der Waals surface area contributed by atoms with Gasteiger partial charge in [-0.2, -0.15) is 0 Å². The molecular formula is C17H31N3O3. The second-order valence-electron chi connectivity index (χ2n) is 6.87. The highest BCUT2D eigenvalue weighted by atomic mass is 16.4. The van der Waals surface area contributed by atoms with E-state index in [4.69, 9.17) is 5.11 Å². The number of aliphatic carboxylic acids is 1. The van der Waals surface area contributed by atoms with Crippen LogP contribution in [0, 0.1) is 5.92 Å². The number of carbonyl (C=O) groups is 2. The maximum atomic E-state index is 12.1. The first-order valence-electron chi connectivity index (χ1n) is 9.12. The van der Waals surface area contributed by atoms with Gasteiger partial charge in [-0.05, 0) is 38.1 Å². The number of rotatable bonds is 6. The predicted octanol–water partition coefficient (Wildman–Crippen LogP) is 2.15. The van der Waals surface area contributed by atoms with Crippen molar-refractivity contribution in [2.45, 2.75) is 51.4 Å². The number of amides is 2. The smallest absolute Gasteiger partial charge is 0.317 e. The molecule has 2 aliphatic rings. The van der Waals surface area contributed by atoms with E-state index < -0.39 is 5.97 Å². The Labute approximate surface area is 139 Å². The van der Waals surface area contributed by atoms with Crippen molar-refractivity contribution in [1.82, 2.24) is 15.1 Å². The molecule has 0 aromatic rings. The second kappa shape index (κ2) is 9.75. The summed E-state index contributed by atoms with van der Waals surface area (Å²) in [5, 5.41) is 11.4. The van der Waals surface area contributed by atoms with Gasteiger partial charge in [-0.25, -0.2) is 4.79 Å². The molecule has 6 nitrogen and oxygen atoms in total. The molecule has 23 heavy (non-hydrogen) atoms. The van der Waals surface area contributed by atoms with Gasteiger partial charge in [0.25, 0.3) is 0 Å². The van der Waals surface area contributed by atoms with Crippen molar-refractivity contribution < 1.29 is 14.7 Å². The van der Waals surface area contributed by atoms with E-state index >= 15 is 0 Å². The zero-order valence-electron chi connectivity index (χ0n) is 14.1. The summed E-state index contributed by atoms with van der Waals surface area (Å²) in [6.07, 6.45) is 8.50. The largest absolute Gasteiger partial charge is 0.481 e. The van der Waals surface area contributed by atoms with Gasteiger partial charge < -0.3 is 20.2 Å². The summed E-state index contributed by atoms with van der Waals surface area (Å²) in [4.78, 5) is 27.0. The number of nitrogens with zero attached hydrogens (tertiary/aromatic N) is 2. The van der Waals surface area contributed by atoms with E-state index in [1.165, 1.54) is 38.6 Å². The Balaban J connectivity index is 1.66. The lowest BCUT2D eigenvalue weighted by molar-refractivity contribution is -0.137. The van der Waals surface area contributed by atoms with Gasteiger partial charge in [-0.3, -0.25) is 4.79 Å². The molecule has 0 radical (unpaired) electrons. The molecular weight excluding hydrogens is 294 g/mol. The molecule has 1 saturated heterocycles. The molecule has 0 unspecified atom stereocenters. The molecule has 2 rings (SSSR count). The molecule has 0 bridgehead atoms. The molecule has 2 N–H and O–H groups in total. The van der Waals surface area contributed by atoms with Crippen molar-refractivity contribution in [3.63, 3.8) is 0 Å². The van der Waals surface area contributed by atoms with E-state index in [1.54, 1.807) is 0 Å². The maximum Gasteiger partial charge on any atom is 0.317 e. The van der Waals surface area contributed by atoms with E-state index in [2.05, 4.69) is 10.2 Å². The molecule has 1 aliphatic heterocycles. The molecule has 0 atom stereocenters. The first-order chi connectivity index (χ1) is 11.1. The summed E-state index contributed by atoms with van der Waals surface area (Å²) >= 11 is 0. The summed E-state index contributed by atoms with van der Waals surface area (Å²) in [6, 6.07) is -0.0464. The second-order valence-corrected chi connectivity index (χ2v) is 6.87. The van der Waals surface area contributed by atoms with Crippen molar-refractivity contribution in [3.8, 4) is 0 Å². The number of carboxylic acids is 1. The van der Waals surface area contributed by atoms with Crippen LogP contribution >= 0.6 is 0 Å². The third kappa shape index (κ3) is 6.77. The molecule has 0 spiro atoms. The van der Waals surface area contributed by atoms with Gasteiger partial charge in [0, 0.05) is 39.1 Å². The van der Waals surface area contributed by atoms with Gasteiger partial charge in [0.15, 0.2) is 0 Å². The SMILES string of the molecule is O=C(O)CCCNC(=O)N1CCCN(CC2CCCCC2)CC1. The molecule has 2 amide bonds. The van der Waals surface area contributed by atoms with Crippen LogP contribution in [0.4, 0.5) is 4.79 Å². The van der Waals surface area contributed by atoms with Crippen LogP contribution in [-0.4, -0.2) is 66.2 Å². The number of hydrogen-bond donors (Lipinski definition) is 2. The minimum absolute atomic E-state index is 0.0464. The number of nitrogens with one attached hydrogen (secondary N) is 1. The van der Waals surface area contributed by atoms with Crippen LogP contribution in [0.15, 0.2) is 0 Å². The normalized spacial score (nSPS) is 21.0. The van der Waals surface area contributed by atoms with Crippen LogP contribution in [0.3, 0.4) is 0 Å². The topological polar surface area (TPSA) is 72.9 Å². The number of urea groups is 1.